The molecule has 0 saturated heterocycles. The summed E-state index contributed by atoms with van der Waals surface area (Å²) in [6.45, 7) is 3.91. The minimum atomic E-state index is -0.827. The van der Waals surface area contributed by atoms with Gasteiger partial charge in [-0.1, -0.05) is 41.6 Å². The molecule has 0 unspecified atom stereocenters. The molecule has 0 bridgehead atoms. The van der Waals surface area contributed by atoms with E-state index in [-0.39, 0.29) is 44.9 Å². The summed E-state index contributed by atoms with van der Waals surface area (Å²) < 4.78 is 5.75. The number of carbonyl (C=O) groups excluding carboxylic acids is 1. The predicted octanol–water partition coefficient (Wildman–Crippen LogP) is 1.56. The number of benzene rings is 1. The molecule has 0 spiro atoms. The lowest BCUT2D eigenvalue weighted by Crippen LogP contribution is -2.32. The Balaban J connectivity index is 1.96. The van der Waals surface area contributed by atoms with Crippen molar-refractivity contribution in [1.82, 2.24) is 10.3 Å². The van der Waals surface area contributed by atoms with Crippen LogP contribution in [0.3, 0.4) is 0 Å². The lowest BCUT2D eigenvalue weighted by atomic mass is 10.0. The first-order valence-electron chi connectivity index (χ1n) is 9.50. The van der Waals surface area contributed by atoms with Gasteiger partial charge in [0.25, 0.3) is 5.69 Å². The van der Waals surface area contributed by atoms with Crippen LogP contribution in [0, 0.1) is 29.6 Å². The molecule has 0 aliphatic carbocycles. The van der Waals surface area contributed by atoms with E-state index in [9.17, 15) is 20.4 Å². The van der Waals surface area contributed by atoms with Crippen LogP contribution >= 0.6 is 11.8 Å². The van der Waals surface area contributed by atoms with Crippen molar-refractivity contribution in [2.24, 2.45) is 7.05 Å². The number of nitriles is 2. The molecule has 2 aromatic heterocycles. The molecule has 32 heavy (non-hydrogen) atoms. The summed E-state index contributed by atoms with van der Waals surface area (Å²) in [5.41, 5.74) is 8.30. The number of aromatic nitrogens is 3. The van der Waals surface area contributed by atoms with Gasteiger partial charge in [-0.25, -0.2) is 4.98 Å². The Morgan fingerprint density at radius 3 is 2.66 bits per heavy atom. The fraction of sp³-hybridized carbons (Fsp3) is 0.238. The molecule has 162 valence electrons. The number of rotatable bonds is 6. The van der Waals surface area contributed by atoms with Crippen molar-refractivity contribution in [2.75, 3.05) is 16.8 Å². The highest BCUT2D eigenvalue weighted by Gasteiger charge is 2.29. The van der Waals surface area contributed by atoms with Crippen molar-refractivity contribution in [3.63, 3.8) is 0 Å². The molecule has 0 fully saturated rings. The van der Waals surface area contributed by atoms with Crippen LogP contribution in [0.25, 0.3) is 11.3 Å². The lowest BCUT2D eigenvalue weighted by molar-refractivity contribution is -0.730. The van der Waals surface area contributed by atoms with E-state index < -0.39 is 5.95 Å². The average molecular weight is 449 g/mol. The second-order valence-corrected chi connectivity index (χ2v) is 7.75. The predicted molar refractivity (Wildman–Crippen MR) is 114 cm³/mol. The summed E-state index contributed by atoms with van der Waals surface area (Å²) in [6.07, 6.45) is 0.757. The standard InChI is InChI=1S/C21H19N7O3S/c1-4-12-7-5-6-11(2)17(12)25-15(29)10-32-20-14(9-23)16(13(8-22)19(24)26-20)18-21(30)31-27-28(18)3/h5-7H,4,10H2,1-3H3,(H3-,24,25,26,27,29,30). The zero-order chi connectivity index (χ0) is 23.4. The van der Waals surface area contributed by atoms with E-state index in [1.807, 2.05) is 44.2 Å². The van der Waals surface area contributed by atoms with Gasteiger partial charge < -0.3 is 20.7 Å². The van der Waals surface area contributed by atoms with Gasteiger partial charge in [0.15, 0.2) is 13.0 Å². The molecule has 1 amide bonds. The lowest BCUT2D eigenvalue weighted by Gasteiger charge is -2.13. The Labute approximate surface area is 188 Å². The minimum absolute atomic E-state index is 0.0219. The van der Waals surface area contributed by atoms with E-state index in [2.05, 4.69) is 20.1 Å². The van der Waals surface area contributed by atoms with Crippen LogP contribution in [-0.4, -0.2) is 21.9 Å². The van der Waals surface area contributed by atoms with Crippen LogP contribution in [0.15, 0.2) is 27.7 Å². The normalized spacial score (nSPS) is 10.4. The fourth-order valence-corrected chi connectivity index (χ4v) is 4.02. The largest absolute Gasteiger partial charge is 0.539 e. The first-order valence-corrected chi connectivity index (χ1v) is 10.5. The molecule has 0 atom stereocenters. The highest BCUT2D eigenvalue weighted by molar-refractivity contribution is 8.00. The van der Waals surface area contributed by atoms with E-state index >= 15 is 0 Å². The van der Waals surface area contributed by atoms with Crippen molar-refractivity contribution in [1.29, 1.82) is 10.5 Å². The van der Waals surface area contributed by atoms with Crippen molar-refractivity contribution < 1.29 is 19.1 Å². The molecule has 0 radical (unpaired) electrons. The van der Waals surface area contributed by atoms with Crippen molar-refractivity contribution >= 4 is 29.2 Å². The summed E-state index contributed by atoms with van der Waals surface area (Å²) in [7, 11) is 1.44. The Morgan fingerprint density at radius 2 is 2.06 bits per heavy atom. The van der Waals surface area contributed by atoms with Crippen molar-refractivity contribution in [2.45, 2.75) is 25.3 Å². The Hall–Kier alpha value is -4.09. The number of pyridine rings is 1. The topological polar surface area (TPSA) is 169 Å². The number of anilines is 2. The third-order valence-electron chi connectivity index (χ3n) is 4.76. The van der Waals surface area contributed by atoms with E-state index in [4.69, 9.17) is 5.73 Å². The number of hydrogen-bond donors (Lipinski definition) is 2. The summed E-state index contributed by atoms with van der Waals surface area (Å²) in [4.78, 5) is 16.8. The van der Waals surface area contributed by atoms with Crippen LogP contribution < -0.4 is 20.8 Å². The van der Waals surface area contributed by atoms with Gasteiger partial charge in [-0.2, -0.15) is 10.5 Å². The Morgan fingerprint density at radius 1 is 1.34 bits per heavy atom. The number of thioether (sulfide) groups is 1. The minimum Gasteiger partial charge on any atom is -0.539 e. The number of nitrogen functional groups attached to an aromatic ring is 1. The number of nitrogens with zero attached hydrogens (tertiary/aromatic N) is 5. The Kier molecular flexibility index (Phi) is 6.61. The van der Waals surface area contributed by atoms with Gasteiger partial charge in [0.05, 0.1) is 22.2 Å². The maximum absolute atomic E-state index is 12.6. The number of para-hydroxylation sites is 1. The van der Waals surface area contributed by atoms with Gasteiger partial charge in [0, 0.05) is 5.69 Å². The fourth-order valence-electron chi connectivity index (χ4n) is 3.23. The van der Waals surface area contributed by atoms with Gasteiger partial charge in [-0.15, -0.1) is 0 Å². The zero-order valence-corrected chi connectivity index (χ0v) is 18.4. The number of nitrogens with one attached hydrogen (secondary N) is 1. The molecule has 3 rings (SSSR count). The summed E-state index contributed by atoms with van der Waals surface area (Å²) in [5, 5.41) is 38.0. The van der Waals surface area contributed by atoms with Crippen LogP contribution in [0.2, 0.25) is 0 Å². The summed E-state index contributed by atoms with van der Waals surface area (Å²) in [6, 6.07) is 9.62. The molecular formula is C21H19N7O3S. The van der Waals surface area contributed by atoms with Crippen molar-refractivity contribution in [3.8, 4) is 29.3 Å². The summed E-state index contributed by atoms with van der Waals surface area (Å²) >= 11 is 0.977. The number of aryl methyl sites for hydroxylation is 3. The number of nitrogens with two attached hydrogens (primary N) is 1. The van der Waals surface area contributed by atoms with Crippen LogP contribution in [-0.2, 0) is 18.3 Å². The molecule has 0 aliphatic rings. The molecule has 3 N–H and O–H groups in total. The number of amides is 1. The maximum atomic E-state index is 12.6. The molecule has 10 nitrogen and oxygen atoms in total. The number of hydrogen-bond acceptors (Lipinski definition) is 9. The third-order valence-corrected chi connectivity index (χ3v) is 5.74. The van der Waals surface area contributed by atoms with Gasteiger partial charge in [-0.3, -0.25) is 4.79 Å². The first-order chi connectivity index (χ1) is 15.3. The third kappa shape index (κ3) is 4.19. The number of carbonyl (C=O) groups is 1. The van der Waals surface area contributed by atoms with Crippen LogP contribution in [0.1, 0.15) is 29.2 Å². The van der Waals surface area contributed by atoms with Crippen LogP contribution in [0.5, 0.6) is 5.95 Å². The molecule has 11 heteroatoms. The Bertz CT molecular complexity index is 1270. The molecule has 2 heterocycles. The van der Waals surface area contributed by atoms with Gasteiger partial charge in [0.1, 0.15) is 28.5 Å². The quantitative estimate of drug-likeness (QED) is 0.419. The van der Waals surface area contributed by atoms with Gasteiger partial charge in [0.2, 0.25) is 5.91 Å². The van der Waals surface area contributed by atoms with E-state index in [0.717, 1.165) is 39.7 Å². The molecule has 0 aliphatic heterocycles. The SMILES string of the molecule is CCc1cccc(C)c1NC(=O)CSc1nc(N)c(C#N)c(-c2c([O-])on[n+]2C)c1C#N. The van der Waals surface area contributed by atoms with E-state index in [0.29, 0.717) is 0 Å². The van der Waals surface area contributed by atoms with Gasteiger partial charge in [-0.05, 0) is 24.5 Å². The molecule has 1 aromatic carbocycles. The zero-order valence-electron chi connectivity index (χ0n) is 17.6. The molecular weight excluding hydrogens is 430 g/mol. The van der Waals surface area contributed by atoms with Crippen LogP contribution in [0.4, 0.5) is 11.5 Å². The molecule has 3 aromatic rings. The highest BCUT2D eigenvalue weighted by Crippen LogP contribution is 2.36. The molecule has 0 saturated carbocycles. The maximum Gasteiger partial charge on any atom is 0.266 e. The summed E-state index contributed by atoms with van der Waals surface area (Å²) in [5.74, 6) is -1.36. The average Bonchev–Trinajstić information content (AvgIpc) is 3.10. The van der Waals surface area contributed by atoms with E-state index in [1.165, 1.54) is 7.05 Å². The first kappa shape index (κ1) is 22.6. The van der Waals surface area contributed by atoms with Crippen molar-refractivity contribution in [3.05, 3.63) is 40.5 Å². The second-order valence-electron chi connectivity index (χ2n) is 6.78. The second kappa shape index (κ2) is 9.37. The van der Waals surface area contributed by atoms with Gasteiger partial charge >= 0.3 is 0 Å². The highest BCUT2D eigenvalue weighted by atomic mass is 32.2. The van der Waals surface area contributed by atoms with E-state index in [1.54, 1.807) is 0 Å². The smallest absolute Gasteiger partial charge is 0.266 e. The monoisotopic (exact) mass is 449 g/mol.